The molecule has 0 unspecified atom stereocenters. The number of carbonyl (C=O) groups is 2. The summed E-state index contributed by atoms with van der Waals surface area (Å²) < 4.78 is 5.09. The summed E-state index contributed by atoms with van der Waals surface area (Å²) >= 11 is 0. The molecule has 23 heavy (non-hydrogen) atoms. The number of aromatic amines is 1. The van der Waals surface area contributed by atoms with Crippen molar-refractivity contribution in [3.8, 4) is 0 Å². The molecular formula is C18H28N2O3. The molecule has 5 nitrogen and oxygen atoms in total. The number of nitrogens with one attached hydrogen (secondary N) is 1. The molecule has 0 atom stereocenters. The highest BCUT2D eigenvalue weighted by molar-refractivity contribution is 6.00. The molecule has 128 valence electrons. The lowest BCUT2D eigenvalue weighted by Crippen LogP contribution is -2.39. The largest absolute Gasteiger partial charge is 0.462 e. The average molecular weight is 320 g/mol. The van der Waals surface area contributed by atoms with E-state index in [9.17, 15) is 9.59 Å². The van der Waals surface area contributed by atoms with Crippen LogP contribution in [0.5, 0.6) is 0 Å². The van der Waals surface area contributed by atoms with Crippen molar-refractivity contribution in [3.63, 3.8) is 0 Å². The summed E-state index contributed by atoms with van der Waals surface area (Å²) in [5.74, 6) is 0.340. The summed E-state index contributed by atoms with van der Waals surface area (Å²) in [5.41, 5.74) is 2.37. The van der Waals surface area contributed by atoms with E-state index < -0.39 is 0 Å². The van der Waals surface area contributed by atoms with Crippen LogP contribution in [0.4, 0.5) is 0 Å². The first-order valence-electron chi connectivity index (χ1n) is 8.50. The van der Waals surface area contributed by atoms with Gasteiger partial charge < -0.3 is 14.6 Å². The van der Waals surface area contributed by atoms with E-state index in [1.165, 1.54) is 12.8 Å². The van der Waals surface area contributed by atoms with Gasteiger partial charge >= 0.3 is 5.97 Å². The van der Waals surface area contributed by atoms with Crippen LogP contribution in [-0.4, -0.2) is 41.5 Å². The summed E-state index contributed by atoms with van der Waals surface area (Å²) in [6, 6.07) is 0.285. The molecule has 1 N–H and O–H groups in total. The van der Waals surface area contributed by atoms with Crippen molar-refractivity contribution in [1.82, 2.24) is 9.88 Å². The molecule has 1 saturated carbocycles. The van der Waals surface area contributed by atoms with E-state index in [0.29, 0.717) is 29.1 Å². The van der Waals surface area contributed by atoms with E-state index in [1.54, 1.807) is 20.8 Å². The summed E-state index contributed by atoms with van der Waals surface area (Å²) in [4.78, 5) is 29.8. The quantitative estimate of drug-likeness (QED) is 0.864. The van der Waals surface area contributed by atoms with Gasteiger partial charge in [0.1, 0.15) is 5.69 Å². The van der Waals surface area contributed by atoms with E-state index in [1.807, 2.05) is 11.9 Å². The molecule has 1 amide bonds. The summed E-state index contributed by atoms with van der Waals surface area (Å²) in [7, 11) is 1.86. The van der Waals surface area contributed by atoms with Crippen LogP contribution in [0.25, 0.3) is 0 Å². The number of carbonyl (C=O) groups excluding carboxylic acids is 2. The zero-order valence-corrected chi connectivity index (χ0v) is 14.9. The molecule has 1 aromatic rings. The summed E-state index contributed by atoms with van der Waals surface area (Å²) in [5, 5.41) is 0. The molecule has 1 aromatic heterocycles. The maximum Gasteiger partial charge on any atom is 0.340 e. The number of amides is 1. The summed E-state index contributed by atoms with van der Waals surface area (Å²) in [6.45, 7) is 7.98. The molecule has 1 heterocycles. The summed E-state index contributed by atoms with van der Waals surface area (Å²) in [6.07, 6.45) is 4.43. The fourth-order valence-electron chi connectivity index (χ4n) is 3.45. The van der Waals surface area contributed by atoms with Crippen LogP contribution in [0, 0.1) is 19.8 Å². The Morgan fingerprint density at radius 2 is 1.83 bits per heavy atom. The lowest BCUT2D eigenvalue weighted by atomic mass is 9.86. The van der Waals surface area contributed by atoms with Crippen molar-refractivity contribution >= 4 is 11.9 Å². The van der Waals surface area contributed by atoms with Crippen LogP contribution in [0.1, 0.15) is 71.6 Å². The molecule has 0 radical (unpaired) electrons. The lowest BCUT2D eigenvalue weighted by molar-refractivity contribution is 0.0525. The van der Waals surface area contributed by atoms with Crippen LogP contribution < -0.4 is 0 Å². The van der Waals surface area contributed by atoms with Crippen molar-refractivity contribution in [1.29, 1.82) is 0 Å². The first-order chi connectivity index (χ1) is 10.9. The van der Waals surface area contributed by atoms with E-state index in [0.717, 1.165) is 18.8 Å². The van der Waals surface area contributed by atoms with Crippen molar-refractivity contribution < 1.29 is 14.3 Å². The monoisotopic (exact) mass is 320 g/mol. The third kappa shape index (κ3) is 3.59. The molecule has 0 aliphatic heterocycles. The Hall–Kier alpha value is -1.78. The second-order valence-electron chi connectivity index (χ2n) is 6.68. The van der Waals surface area contributed by atoms with E-state index in [2.05, 4.69) is 11.9 Å². The van der Waals surface area contributed by atoms with Gasteiger partial charge in [-0.1, -0.05) is 6.92 Å². The number of aryl methyl sites for hydroxylation is 1. The maximum absolute atomic E-state index is 12.8. The van der Waals surface area contributed by atoms with Gasteiger partial charge in [-0.05, 0) is 57.9 Å². The van der Waals surface area contributed by atoms with E-state index >= 15 is 0 Å². The third-order valence-electron chi connectivity index (χ3n) is 4.98. The third-order valence-corrected chi connectivity index (χ3v) is 4.98. The number of esters is 1. The van der Waals surface area contributed by atoms with Gasteiger partial charge in [0.05, 0.1) is 12.2 Å². The smallest absolute Gasteiger partial charge is 0.340 e. The SMILES string of the molecule is CCOC(=O)c1c(C)[nH]c(C(=O)N(C)C2CCC(C)CC2)c1C. The fourth-order valence-corrected chi connectivity index (χ4v) is 3.45. The standard InChI is InChI=1S/C18H28N2O3/c1-6-23-18(22)15-12(3)16(19-13(15)4)17(21)20(5)14-9-7-11(2)8-10-14/h11,14,19H,6-10H2,1-5H3. The minimum Gasteiger partial charge on any atom is -0.462 e. The van der Waals surface area contributed by atoms with Crippen LogP contribution >= 0.6 is 0 Å². The molecule has 0 aromatic carbocycles. The van der Waals surface area contributed by atoms with E-state index in [-0.39, 0.29) is 17.9 Å². The highest BCUT2D eigenvalue weighted by atomic mass is 16.5. The van der Waals surface area contributed by atoms with Crippen molar-refractivity contribution in [2.45, 2.75) is 59.4 Å². The van der Waals surface area contributed by atoms with Crippen molar-refractivity contribution in [2.75, 3.05) is 13.7 Å². The van der Waals surface area contributed by atoms with Crippen LogP contribution in [0.3, 0.4) is 0 Å². The first-order valence-corrected chi connectivity index (χ1v) is 8.50. The molecule has 0 spiro atoms. The molecule has 5 heteroatoms. The van der Waals surface area contributed by atoms with Gasteiger partial charge in [-0.25, -0.2) is 4.79 Å². The Kier molecular flexibility index (Phi) is 5.50. The van der Waals surface area contributed by atoms with Gasteiger partial charge in [0.2, 0.25) is 0 Å². The Morgan fingerprint density at radius 1 is 1.22 bits per heavy atom. The van der Waals surface area contributed by atoms with Gasteiger partial charge in [-0.2, -0.15) is 0 Å². The predicted octanol–water partition coefficient (Wildman–Crippen LogP) is 3.46. The molecule has 0 bridgehead atoms. The zero-order valence-electron chi connectivity index (χ0n) is 14.9. The van der Waals surface area contributed by atoms with Crippen LogP contribution in [0.2, 0.25) is 0 Å². The first kappa shape index (κ1) is 17.6. The lowest BCUT2D eigenvalue weighted by Gasteiger charge is -2.33. The second-order valence-corrected chi connectivity index (χ2v) is 6.68. The Morgan fingerprint density at radius 3 is 2.39 bits per heavy atom. The predicted molar refractivity (Wildman–Crippen MR) is 89.7 cm³/mol. The fraction of sp³-hybridized carbons (Fsp3) is 0.667. The zero-order chi connectivity index (χ0) is 17.1. The Bertz CT molecular complexity index is 583. The normalized spacial score (nSPS) is 21.1. The molecule has 1 aliphatic rings. The second kappa shape index (κ2) is 7.20. The highest BCUT2D eigenvalue weighted by Crippen LogP contribution is 2.28. The van der Waals surface area contributed by atoms with Gasteiger partial charge in [0, 0.05) is 18.8 Å². The Balaban J connectivity index is 2.19. The minimum atomic E-state index is -0.369. The van der Waals surface area contributed by atoms with Gasteiger partial charge in [0.15, 0.2) is 0 Å². The number of nitrogens with zero attached hydrogens (tertiary/aromatic N) is 1. The van der Waals surface area contributed by atoms with Gasteiger partial charge in [0.25, 0.3) is 5.91 Å². The van der Waals surface area contributed by atoms with Gasteiger partial charge in [-0.3, -0.25) is 4.79 Å². The molecule has 1 fully saturated rings. The highest BCUT2D eigenvalue weighted by Gasteiger charge is 2.29. The number of hydrogen-bond donors (Lipinski definition) is 1. The topological polar surface area (TPSA) is 62.4 Å². The van der Waals surface area contributed by atoms with Crippen molar-refractivity contribution in [2.24, 2.45) is 5.92 Å². The minimum absolute atomic E-state index is 0.0410. The molecular weight excluding hydrogens is 292 g/mol. The van der Waals surface area contributed by atoms with E-state index in [4.69, 9.17) is 4.74 Å². The van der Waals surface area contributed by atoms with Crippen LogP contribution in [0.15, 0.2) is 0 Å². The number of aromatic nitrogens is 1. The van der Waals surface area contributed by atoms with Gasteiger partial charge in [-0.15, -0.1) is 0 Å². The van der Waals surface area contributed by atoms with Crippen LogP contribution in [-0.2, 0) is 4.74 Å². The number of ether oxygens (including phenoxy) is 1. The van der Waals surface area contributed by atoms with Crippen molar-refractivity contribution in [3.05, 3.63) is 22.5 Å². The molecule has 2 rings (SSSR count). The molecule has 1 aliphatic carbocycles. The number of hydrogen-bond acceptors (Lipinski definition) is 3. The Labute approximate surface area is 138 Å². The molecule has 0 saturated heterocycles. The number of H-pyrrole nitrogens is 1. The average Bonchev–Trinajstić information content (AvgIpc) is 2.81. The number of rotatable bonds is 4. The maximum atomic E-state index is 12.8.